The fraction of sp³-hybridized carbons (Fsp3) is 0.316. The summed E-state index contributed by atoms with van der Waals surface area (Å²) >= 11 is 0. The Balaban J connectivity index is 1.98. The standard InChI is InChI=1S/C19H21F3N2O/c1-13(14-8-9-17(21)18(22)10-14)23(2)12-19(25)24(3)11-15-6-4-5-7-16(15)20/h4-10,13H,11-12H2,1-3H3. The van der Waals surface area contributed by atoms with Gasteiger partial charge in [-0.3, -0.25) is 9.69 Å². The normalized spacial score (nSPS) is 12.3. The predicted octanol–water partition coefficient (Wildman–Crippen LogP) is 3.76. The zero-order valence-corrected chi connectivity index (χ0v) is 14.5. The average molecular weight is 350 g/mol. The molecule has 25 heavy (non-hydrogen) atoms. The van der Waals surface area contributed by atoms with Gasteiger partial charge in [-0.25, -0.2) is 13.2 Å². The molecule has 0 aliphatic heterocycles. The smallest absolute Gasteiger partial charge is 0.236 e. The molecule has 0 heterocycles. The molecule has 0 radical (unpaired) electrons. The molecule has 0 aliphatic rings. The third-order valence-corrected chi connectivity index (χ3v) is 4.26. The van der Waals surface area contributed by atoms with E-state index in [0.717, 1.165) is 12.1 Å². The van der Waals surface area contributed by atoms with Gasteiger partial charge < -0.3 is 4.90 Å². The van der Waals surface area contributed by atoms with E-state index < -0.39 is 11.6 Å². The fourth-order valence-electron chi connectivity index (χ4n) is 2.47. The molecule has 1 unspecified atom stereocenters. The molecule has 0 bridgehead atoms. The Morgan fingerprint density at radius 1 is 1.00 bits per heavy atom. The summed E-state index contributed by atoms with van der Waals surface area (Å²) in [4.78, 5) is 15.5. The van der Waals surface area contributed by atoms with E-state index in [-0.39, 0.29) is 30.9 Å². The van der Waals surface area contributed by atoms with E-state index in [2.05, 4.69) is 0 Å². The number of hydrogen-bond donors (Lipinski definition) is 0. The van der Waals surface area contributed by atoms with Gasteiger partial charge >= 0.3 is 0 Å². The van der Waals surface area contributed by atoms with Gasteiger partial charge in [0.05, 0.1) is 6.54 Å². The SMILES string of the molecule is CC(c1ccc(F)c(F)c1)N(C)CC(=O)N(C)Cc1ccccc1F. The Hall–Kier alpha value is -2.34. The van der Waals surface area contributed by atoms with Crippen molar-refractivity contribution in [2.24, 2.45) is 0 Å². The summed E-state index contributed by atoms with van der Waals surface area (Å²) in [7, 11) is 3.33. The molecule has 3 nitrogen and oxygen atoms in total. The van der Waals surface area contributed by atoms with Crippen LogP contribution in [-0.2, 0) is 11.3 Å². The first-order valence-corrected chi connectivity index (χ1v) is 7.92. The van der Waals surface area contributed by atoms with Crippen molar-refractivity contribution in [2.45, 2.75) is 19.5 Å². The third kappa shape index (κ3) is 4.82. The highest BCUT2D eigenvalue weighted by atomic mass is 19.2. The molecule has 0 saturated carbocycles. The van der Waals surface area contributed by atoms with E-state index in [0.29, 0.717) is 11.1 Å². The first-order chi connectivity index (χ1) is 11.8. The zero-order chi connectivity index (χ0) is 18.6. The number of carbonyl (C=O) groups is 1. The molecule has 0 aromatic heterocycles. The lowest BCUT2D eigenvalue weighted by atomic mass is 10.1. The topological polar surface area (TPSA) is 23.6 Å². The van der Waals surface area contributed by atoms with Gasteiger partial charge in [0.15, 0.2) is 11.6 Å². The molecule has 0 spiro atoms. The number of amides is 1. The van der Waals surface area contributed by atoms with E-state index >= 15 is 0 Å². The Labute approximate surface area is 145 Å². The van der Waals surface area contributed by atoms with Crippen molar-refractivity contribution in [2.75, 3.05) is 20.6 Å². The average Bonchev–Trinajstić information content (AvgIpc) is 2.58. The highest BCUT2D eigenvalue weighted by molar-refractivity contribution is 5.78. The molecule has 0 saturated heterocycles. The van der Waals surface area contributed by atoms with Crippen molar-refractivity contribution >= 4 is 5.91 Å². The third-order valence-electron chi connectivity index (χ3n) is 4.26. The molecule has 134 valence electrons. The van der Waals surface area contributed by atoms with Crippen LogP contribution in [0.3, 0.4) is 0 Å². The van der Waals surface area contributed by atoms with Crippen LogP contribution in [0.4, 0.5) is 13.2 Å². The van der Waals surface area contributed by atoms with Crippen LogP contribution in [0.25, 0.3) is 0 Å². The second-order valence-electron chi connectivity index (χ2n) is 6.11. The van der Waals surface area contributed by atoms with Crippen LogP contribution >= 0.6 is 0 Å². The second kappa shape index (κ2) is 8.16. The lowest BCUT2D eigenvalue weighted by Crippen LogP contribution is -2.37. The summed E-state index contributed by atoms with van der Waals surface area (Å²) < 4.78 is 40.1. The maximum atomic E-state index is 13.7. The Morgan fingerprint density at radius 3 is 2.32 bits per heavy atom. The van der Waals surface area contributed by atoms with Crippen molar-refractivity contribution in [3.63, 3.8) is 0 Å². The van der Waals surface area contributed by atoms with Crippen molar-refractivity contribution < 1.29 is 18.0 Å². The largest absolute Gasteiger partial charge is 0.340 e. The van der Waals surface area contributed by atoms with Gasteiger partial charge in [-0.2, -0.15) is 0 Å². The summed E-state index contributed by atoms with van der Waals surface area (Å²) in [6.45, 7) is 2.04. The summed E-state index contributed by atoms with van der Waals surface area (Å²) in [5.41, 5.74) is 1.01. The van der Waals surface area contributed by atoms with Crippen LogP contribution in [0.2, 0.25) is 0 Å². The van der Waals surface area contributed by atoms with Crippen molar-refractivity contribution in [1.29, 1.82) is 0 Å². The van der Waals surface area contributed by atoms with Gasteiger partial charge in [0, 0.05) is 25.2 Å². The molecule has 6 heteroatoms. The molecule has 2 rings (SSSR count). The number of nitrogens with zero attached hydrogens (tertiary/aromatic N) is 2. The van der Waals surface area contributed by atoms with Crippen molar-refractivity contribution in [3.05, 3.63) is 71.0 Å². The van der Waals surface area contributed by atoms with Gasteiger partial charge in [-0.05, 0) is 37.7 Å². The summed E-state index contributed by atoms with van der Waals surface area (Å²) in [5.74, 6) is -2.37. The van der Waals surface area contributed by atoms with E-state index in [9.17, 15) is 18.0 Å². The Bertz CT molecular complexity index is 751. The van der Waals surface area contributed by atoms with Crippen LogP contribution in [0.5, 0.6) is 0 Å². The lowest BCUT2D eigenvalue weighted by Gasteiger charge is -2.27. The fourth-order valence-corrected chi connectivity index (χ4v) is 2.47. The zero-order valence-electron chi connectivity index (χ0n) is 14.5. The number of benzene rings is 2. The van der Waals surface area contributed by atoms with Crippen LogP contribution in [0.1, 0.15) is 24.1 Å². The number of carbonyl (C=O) groups excluding carboxylic acids is 1. The maximum absolute atomic E-state index is 13.7. The van der Waals surface area contributed by atoms with Crippen LogP contribution < -0.4 is 0 Å². The van der Waals surface area contributed by atoms with E-state index in [1.165, 1.54) is 17.0 Å². The highest BCUT2D eigenvalue weighted by Crippen LogP contribution is 2.21. The van der Waals surface area contributed by atoms with Gasteiger partial charge in [0.1, 0.15) is 5.82 Å². The summed E-state index contributed by atoms with van der Waals surface area (Å²) in [6.07, 6.45) is 0. The van der Waals surface area contributed by atoms with Crippen molar-refractivity contribution in [3.8, 4) is 0 Å². The minimum absolute atomic E-state index is 0.0745. The summed E-state index contributed by atoms with van der Waals surface area (Å²) in [5, 5.41) is 0. The first-order valence-electron chi connectivity index (χ1n) is 7.92. The van der Waals surface area contributed by atoms with Gasteiger partial charge in [-0.1, -0.05) is 24.3 Å². The molecule has 0 aliphatic carbocycles. The minimum Gasteiger partial charge on any atom is -0.340 e. The molecule has 0 fully saturated rings. The quantitative estimate of drug-likeness (QED) is 0.792. The molecule has 2 aromatic carbocycles. The monoisotopic (exact) mass is 350 g/mol. The van der Waals surface area contributed by atoms with E-state index in [1.54, 1.807) is 44.1 Å². The van der Waals surface area contributed by atoms with Crippen LogP contribution in [-0.4, -0.2) is 36.3 Å². The number of hydrogen-bond acceptors (Lipinski definition) is 2. The van der Waals surface area contributed by atoms with E-state index in [1.807, 2.05) is 0 Å². The maximum Gasteiger partial charge on any atom is 0.236 e. The van der Waals surface area contributed by atoms with Gasteiger partial charge in [0.2, 0.25) is 5.91 Å². The predicted molar refractivity (Wildman–Crippen MR) is 90.3 cm³/mol. The van der Waals surface area contributed by atoms with Crippen LogP contribution in [0, 0.1) is 17.5 Å². The molecule has 1 atom stereocenters. The molecule has 2 aromatic rings. The van der Waals surface area contributed by atoms with Crippen molar-refractivity contribution in [1.82, 2.24) is 9.80 Å². The Morgan fingerprint density at radius 2 is 1.68 bits per heavy atom. The number of rotatable bonds is 6. The second-order valence-corrected chi connectivity index (χ2v) is 6.11. The molecule has 1 amide bonds. The molecular weight excluding hydrogens is 329 g/mol. The first kappa shape index (κ1) is 19.0. The van der Waals surface area contributed by atoms with Gasteiger partial charge in [0.25, 0.3) is 0 Å². The summed E-state index contributed by atoms with van der Waals surface area (Å²) in [6, 6.07) is 9.71. The Kier molecular flexibility index (Phi) is 6.20. The molecular formula is C19H21F3N2O. The molecule has 0 N–H and O–H groups in total. The lowest BCUT2D eigenvalue weighted by molar-refractivity contribution is -0.131. The van der Waals surface area contributed by atoms with E-state index in [4.69, 9.17) is 0 Å². The highest BCUT2D eigenvalue weighted by Gasteiger charge is 2.19. The van der Waals surface area contributed by atoms with Crippen LogP contribution in [0.15, 0.2) is 42.5 Å². The number of likely N-dealkylation sites (N-methyl/N-ethyl adjacent to an activating group) is 2. The minimum atomic E-state index is -0.916. The number of halogens is 3. The van der Waals surface area contributed by atoms with Gasteiger partial charge in [-0.15, -0.1) is 0 Å².